The predicted octanol–water partition coefficient (Wildman–Crippen LogP) is 2.43. The molecular formula is C25H32N4O2. The number of nitrogens with zero attached hydrogens (tertiary/aromatic N) is 4. The highest BCUT2D eigenvalue weighted by Gasteiger charge is 2.38. The zero-order valence-electron chi connectivity index (χ0n) is 18.2. The lowest BCUT2D eigenvalue weighted by Crippen LogP contribution is -2.51. The molecule has 3 heterocycles. The molecule has 0 aliphatic carbocycles. The highest BCUT2D eigenvalue weighted by molar-refractivity contribution is 6.07. The summed E-state index contributed by atoms with van der Waals surface area (Å²) >= 11 is 0. The summed E-state index contributed by atoms with van der Waals surface area (Å²) < 4.78 is 0. The number of carbonyl (C=O) groups excluding carboxylic acids is 2. The first kappa shape index (κ1) is 20.5. The van der Waals surface area contributed by atoms with Gasteiger partial charge < -0.3 is 14.7 Å². The van der Waals surface area contributed by atoms with Gasteiger partial charge in [0.05, 0.1) is 11.6 Å². The minimum atomic E-state index is -0.234. The molecule has 164 valence electrons. The van der Waals surface area contributed by atoms with E-state index >= 15 is 0 Å². The van der Waals surface area contributed by atoms with Gasteiger partial charge in [-0.2, -0.15) is 0 Å². The molecule has 0 aromatic heterocycles. The zero-order valence-corrected chi connectivity index (χ0v) is 18.2. The van der Waals surface area contributed by atoms with Gasteiger partial charge in [0.1, 0.15) is 0 Å². The van der Waals surface area contributed by atoms with E-state index in [4.69, 9.17) is 0 Å². The molecule has 1 atom stereocenters. The minimum Gasteiger partial charge on any atom is -0.340 e. The maximum Gasteiger partial charge on any atom is 0.228 e. The number of benzene rings is 2. The summed E-state index contributed by atoms with van der Waals surface area (Å²) in [7, 11) is 0. The topological polar surface area (TPSA) is 47.1 Å². The van der Waals surface area contributed by atoms with Crippen LogP contribution in [0.2, 0.25) is 0 Å². The summed E-state index contributed by atoms with van der Waals surface area (Å²) in [4.78, 5) is 34.8. The summed E-state index contributed by atoms with van der Waals surface area (Å²) in [5.74, 6) is -0.0307. The van der Waals surface area contributed by atoms with Crippen molar-refractivity contribution in [1.29, 1.82) is 0 Å². The lowest BCUT2D eigenvalue weighted by molar-refractivity contribution is -0.137. The molecule has 0 bridgehead atoms. The average Bonchev–Trinajstić information content (AvgIpc) is 3.47. The van der Waals surface area contributed by atoms with E-state index in [0.29, 0.717) is 13.0 Å². The number of piperazine rings is 1. The Hall–Kier alpha value is -2.44. The Morgan fingerprint density at radius 3 is 2.29 bits per heavy atom. The van der Waals surface area contributed by atoms with E-state index in [-0.39, 0.29) is 17.7 Å². The minimum absolute atomic E-state index is 0.0546. The standard InChI is InChI=1S/C25H32N4O2/c30-24-18-21(19-29(24)23-9-5-7-20-6-1-2-8-22(20)23)25(31)28-16-14-27(15-17-28)13-12-26-10-3-4-11-26/h1-2,5-9,21H,3-4,10-19H2. The SMILES string of the molecule is O=C(C1CC(=O)N(c2cccc3ccccc23)C1)N1CCN(CCN2CCCC2)CC1. The fourth-order valence-electron chi connectivity index (χ4n) is 5.29. The van der Waals surface area contributed by atoms with E-state index in [9.17, 15) is 9.59 Å². The van der Waals surface area contributed by atoms with Gasteiger partial charge in [0.2, 0.25) is 11.8 Å². The van der Waals surface area contributed by atoms with E-state index in [0.717, 1.165) is 55.7 Å². The Morgan fingerprint density at radius 2 is 1.52 bits per heavy atom. The van der Waals surface area contributed by atoms with Crippen LogP contribution in [0.25, 0.3) is 10.8 Å². The molecular weight excluding hydrogens is 388 g/mol. The Kier molecular flexibility index (Phi) is 5.92. The van der Waals surface area contributed by atoms with Gasteiger partial charge in [0.15, 0.2) is 0 Å². The van der Waals surface area contributed by atoms with Crippen molar-refractivity contribution in [3.63, 3.8) is 0 Å². The third-order valence-electron chi connectivity index (χ3n) is 7.15. The third kappa shape index (κ3) is 4.32. The fourth-order valence-corrected chi connectivity index (χ4v) is 5.29. The molecule has 3 aliphatic heterocycles. The van der Waals surface area contributed by atoms with E-state index in [2.05, 4.69) is 28.0 Å². The first-order chi connectivity index (χ1) is 15.2. The monoisotopic (exact) mass is 420 g/mol. The molecule has 3 fully saturated rings. The van der Waals surface area contributed by atoms with Crippen LogP contribution in [0, 0.1) is 5.92 Å². The first-order valence-corrected chi connectivity index (χ1v) is 11.7. The van der Waals surface area contributed by atoms with Crippen LogP contribution in [-0.4, -0.2) is 85.4 Å². The van der Waals surface area contributed by atoms with Crippen LogP contribution in [-0.2, 0) is 9.59 Å². The number of carbonyl (C=O) groups is 2. The van der Waals surface area contributed by atoms with Gasteiger partial charge >= 0.3 is 0 Å². The second kappa shape index (κ2) is 8.97. The Bertz CT molecular complexity index is 942. The number of likely N-dealkylation sites (tertiary alicyclic amines) is 1. The summed E-state index contributed by atoms with van der Waals surface area (Å²) in [6.45, 7) is 8.63. The van der Waals surface area contributed by atoms with E-state index < -0.39 is 0 Å². The number of anilines is 1. The number of hydrogen-bond acceptors (Lipinski definition) is 4. The molecule has 0 radical (unpaired) electrons. The van der Waals surface area contributed by atoms with Crippen LogP contribution in [0.4, 0.5) is 5.69 Å². The van der Waals surface area contributed by atoms with Crippen LogP contribution >= 0.6 is 0 Å². The highest BCUT2D eigenvalue weighted by Crippen LogP contribution is 2.32. The molecule has 1 unspecified atom stereocenters. The Morgan fingerprint density at radius 1 is 0.839 bits per heavy atom. The molecule has 6 heteroatoms. The molecule has 0 saturated carbocycles. The van der Waals surface area contributed by atoms with Gasteiger partial charge in [-0.3, -0.25) is 14.5 Å². The van der Waals surface area contributed by atoms with Gasteiger partial charge in [-0.1, -0.05) is 36.4 Å². The number of amides is 2. The van der Waals surface area contributed by atoms with Crippen molar-refractivity contribution < 1.29 is 9.59 Å². The first-order valence-electron chi connectivity index (χ1n) is 11.7. The third-order valence-corrected chi connectivity index (χ3v) is 7.15. The molecule has 2 aromatic rings. The average molecular weight is 421 g/mol. The van der Waals surface area contributed by atoms with Gasteiger partial charge in [-0.15, -0.1) is 0 Å². The molecule has 3 aliphatic rings. The molecule has 0 N–H and O–H groups in total. The number of rotatable bonds is 5. The van der Waals surface area contributed by atoms with Crippen LogP contribution in [0.5, 0.6) is 0 Å². The maximum absolute atomic E-state index is 13.2. The Labute approximate surface area is 184 Å². The summed E-state index contributed by atoms with van der Waals surface area (Å²) in [5, 5.41) is 2.19. The quantitative estimate of drug-likeness (QED) is 0.746. The molecule has 2 amide bonds. The van der Waals surface area contributed by atoms with Crippen LogP contribution in [0.3, 0.4) is 0 Å². The largest absolute Gasteiger partial charge is 0.340 e. The smallest absolute Gasteiger partial charge is 0.228 e. The van der Waals surface area contributed by atoms with Crippen molar-refractivity contribution in [3.8, 4) is 0 Å². The van der Waals surface area contributed by atoms with Gasteiger partial charge in [-0.05, 0) is 37.4 Å². The Balaban J connectivity index is 1.18. The van der Waals surface area contributed by atoms with Crippen molar-refractivity contribution >= 4 is 28.3 Å². The zero-order chi connectivity index (χ0) is 21.2. The van der Waals surface area contributed by atoms with Crippen molar-refractivity contribution in [2.75, 3.05) is 63.8 Å². The maximum atomic E-state index is 13.2. The molecule has 5 rings (SSSR count). The van der Waals surface area contributed by atoms with Gasteiger partial charge in [-0.25, -0.2) is 0 Å². The number of fused-ring (bicyclic) bond motifs is 1. The fraction of sp³-hybridized carbons (Fsp3) is 0.520. The molecule has 6 nitrogen and oxygen atoms in total. The van der Waals surface area contributed by atoms with Gasteiger partial charge in [0, 0.05) is 57.6 Å². The lowest BCUT2D eigenvalue weighted by atomic mass is 10.1. The summed E-state index contributed by atoms with van der Waals surface area (Å²) in [6.07, 6.45) is 2.98. The van der Waals surface area contributed by atoms with Crippen LogP contribution in [0.1, 0.15) is 19.3 Å². The molecule has 31 heavy (non-hydrogen) atoms. The van der Waals surface area contributed by atoms with Crippen molar-refractivity contribution in [2.45, 2.75) is 19.3 Å². The molecule has 2 aromatic carbocycles. The van der Waals surface area contributed by atoms with Crippen molar-refractivity contribution in [2.24, 2.45) is 5.92 Å². The van der Waals surface area contributed by atoms with Crippen LogP contribution < -0.4 is 4.90 Å². The van der Waals surface area contributed by atoms with Gasteiger partial charge in [0.25, 0.3) is 0 Å². The van der Waals surface area contributed by atoms with E-state index in [1.807, 2.05) is 34.1 Å². The summed E-state index contributed by atoms with van der Waals surface area (Å²) in [5.41, 5.74) is 0.921. The van der Waals surface area contributed by atoms with E-state index in [1.54, 1.807) is 0 Å². The normalized spacial score (nSPS) is 23.2. The van der Waals surface area contributed by atoms with E-state index in [1.165, 1.54) is 25.9 Å². The second-order valence-electron chi connectivity index (χ2n) is 9.12. The van der Waals surface area contributed by atoms with Crippen LogP contribution in [0.15, 0.2) is 42.5 Å². The summed E-state index contributed by atoms with van der Waals surface area (Å²) in [6, 6.07) is 14.2. The molecule has 3 saturated heterocycles. The second-order valence-corrected chi connectivity index (χ2v) is 9.12. The number of hydrogen-bond donors (Lipinski definition) is 0. The lowest BCUT2D eigenvalue weighted by Gasteiger charge is -2.36. The highest BCUT2D eigenvalue weighted by atomic mass is 16.2. The predicted molar refractivity (Wildman–Crippen MR) is 123 cm³/mol. The molecule has 0 spiro atoms. The van der Waals surface area contributed by atoms with Crippen molar-refractivity contribution in [1.82, 2.24) is 14.7 Å². The van der Waals surface area contributed by atoms with Crippen molar-refractivity contribution in [3.05, 3.63) is 42.5 Å².